The Morgan fingerprint density at radius 1 is 0.912 bits per heavy atom. The van der Waals surface area contributed by atoms with Crippen molar-refractivity contribution in [1.82, 2.24) is 0 Å². The second-order valence-corrected chi connectivity index (χ2v) is 11.6. The summed E-state index contributed by atoms with van der Waals surface area (Å²) in [4.78, 5) is 12.7. The molecule has 2 rings (SSSR count). The molecule has 0 saturated carbocycles. The van der Waals surface area contributed by atoms with Gasteiger partial charge in [0.25, 0.3) is 0 Å². The quantitative estimate of drug-likeness (QED) is 0.147. The van der Waals surface area contributed by atoms with Gasteiger partial charge in [0, 0.05) is 31.1 Å². The van der Waals surface area contributed by atoms with Crippen LogP contribution in [0.5, 0.6) is 5.75 Å². The van der Waals surface area contributed by atoms with Gasteiger partial charge in [0.1, 0.15) is 12.4 Å². The average Bonchev–Trinajstić information content (AvgIpc) is 2.86. The summed E-state index contributed by atoms with van der Waals surface area (Å²) in [5.41, 5.74) is 2.05. The highest BCUT2D eigenvalue weighted by Gasteiger charge is 2.39. The highest BCUT2D eigenvalue weighted by molar-refractivity contribution is 7.99. The van der Waals surface area contributed by atoms with Crippen LogP contribution in [0.1, 0.15) is 50.0 Å². The molecule has 0 amide bonds. The summed E-state index contributed by atoms with van der Waals surface area (Å²) >= 11 is 1.75. The first-order chi connectivity index (χ1) is 16.6. The van der Waals surface area contributed by atoms with Gasteiger partial charge in [-0.25, -0.2) is 0 Å². The minimum Gasteiger partial charge on any atom is -0.497 e. The summed E-state index contributed by atoms with van der Waals surface area (Å²) in [5, 5.41) is -0.0171. The number of methoxy groups -OCH3 is 1. The van der Waals surface area contributed by atoms with Gasteiger partial charge in [0.2, 0.25) is 0 Å². The van der Waals surface area contributed by atoms with Crippen LogP contribution in [0, 0.1) is 0 Å². The van der Waals surface area contributed by atoms with Crippen molar-refractivity contribution in [2.24, 2.45) is 0 Å². The van der Waals surface area contributed by atoms with Crippen molar-refractivity contribution in [3.8, 4) is 5.75 Å². The largest absolute Gasteiger partial charge is 0.500 e. The van der Waals surface area contributed by atoms with Gasteiger partial charge in [0.15, 0.2) is 0 Å². The summed E-state index contributed by atoms with van der Waals surface area (Å²) in [5.74, 6) is 1.43. The fraction of sp³-hybridized carbons (Fsp3) is 0.500. The molecular weight excluding hydrogens is 468 g/mol. The molecule has 0 aliphatic heterocycles. The second kappa shape index (κ2) is 15.9. The van der Waals surface area contributed by atoms with Crippen molar-refractivity contribution in [3.05, 3.63) is 65.7 Å². The first kappa shape index (κ1) is 28.4. The normalized spacial score (nSPS) is 12.4. The molecule has 188 valence electrons. The summed E-state index contributed by atoms with van der Waals surface area (Å²) in [7, 11) is -1.02. The smallest absolute Gasteiger partial charge is 0.497 e. The van der Waals surface area contributed by atoms with Crippen LogP contribution >= 0.6 is 11.8 Å². The monoisotopic (exact) mass is 506 g/mol. The third-order valence-electron chi connectivity index (χ3n) is 5.12. The molecule has 2 aromatic rings. The Morgan fingerprint density at radius 2 is 1.53 bits per heavy atom. The molecule has 1 atom stereocenters. The van der Waals surface area contributed by atoms with Crippen LogP contribution in [-0.2, 0) is 29.4 Å². The van der Waals surface area contributed by atoms with Crippen molar-refractivity contribution in [1.29, 1.82) is 0 Å². The maximum Gasteiger partial charge on any atom is 0.500 e. The van der Waals surface area contributed by atoms with Gasteiger partial charge in [-0.05, 0) is 56.2 Å². The van der Waals surface area contributed by atoms with Gasteiger partial charge >= 0.3 is 14.8 Å². The molecule has 0 spiro atoms. The number of benzene rings is 2. The molecule has 0 aromatic heterocycles. The lowest BCUT2D eigenvalue weighted by Crippen LogP contribution is -2.46. The van der Waals surface area contributed by atoms with Crippen LogP contribution in [-0.4, -0.2) is 47.5 Å². The third-order valence-corrected chi connectivity index (χ3v) is 9.64. The zero-order chi connectivity index (χ0) is 24.7. The van der Waals surface area contributed by atoms with Crippen molar-refractivity contribution in [2.45, 2.75) is 51.5 Å². The number of rotatable bonds is 17. The maximum atomic E-state index is 12.7. The highest BCUT2D eigenvalue weighted by atomic mass is 32.2. The van der Waals surface area contributed by atoms with Crippen molar-refractivity contribution in [3.63, 3.8) is 0 Å². The number of carbonyl (C=O) groups is 1. The lowest BCUT2D eigenvalue weighted by molar-refractivity contribution is -0.144. The van der Waals surface area contributed by atoms with Crippen molar-refractivity contribution in [2.75, 3.05) is 32.7 Å². The van der Waals surface area contributed by atoms with Gasteiger partial charge in [-0.15, -0.1) is 0 Å². The van der Waals surface area contributed by atoms with Crippen LogP contribution in [0.2, 0.25) is 6.04 Å². The Bertz CT molecular complexity index is 801. The fourth-order valence-electron chi connectivity index (χ4n) is 3.56. The van der Waals surface area contributed by atoms with Crippen LogP contribution < -0.4 is 4.74 Å². The topological polar surface area (TPSA) is 63.2 Å². The second-order valence-electron chi connectivity index (χ2n) is 7.57. The Morgan fingerprint density at radius 3 is 2.09 bits per heavy atom. The number of carbonyl (C=O) groups excluding carboxylic acids is 1. The lowest BCUT2D eigenvalue weighted by atomic mass is 10.1. The number of hydrogen-bond donors (Lipinski definition) is 0. The standard InChI is InChI=1S/C26H38O6SSi/c1-5-30-34(31-6-2,32-7-3)19-11-18-33-25(23-14-16-24(28-4)17-15-23)20-26(27)29-21-22-12-9-8-10-13-22/h8-10,12-17,25H,5-7,11,18-21H2,1-4H3. The molecule has 0 saturated heterocycles. The minimum absolute atomic E-state index is 0.0171. The van der Waals surface area contributed by atoms with E-state index in [1.54, 1.807) is 18.9 Å². The molecule has 0 aliphatic carbocycles. The zero-order valence-electron chi connectivity index (χ0n) is 20.8. The Hall–Kier alpha value is -1.84. The Labute approximate surface area is 209 Å². The predicted octanol–water partition coefficient (Wildman–Crippen LogP) is 6.04. The molecular formula is C26H38O6SSi. The van der Waals surface area contributed by atoms with E-state index < -0.39 is 8.80 Å². The van der Waals surface area contributed by atoms with Gasteiger partial charge in [-0.1, -0.05) is 42.5 Å². The SMILES string of the molecule is CCO[Si](CCCSC(CC(=O)OCc1ccccc1)c1ccc(OC)cc1)(OCC)OCC. The van der Waals surface area contributed by atoms with Gasteiger partial charge in [0.05, 0.1) is 13.5 Å². The highest BCUT2D eigenvalue weighted by Crippen LogP contribution is 2.35. The molecule has 0 radical (unpaired) electrons. The molecule has 0 fully saturated rings. The van der Waals surface area contributed by atoms with E-state index in [0.717, 1.165) is 35.1 Å². The van der Waals surface area contributed by atoms with Gasteiger partial charge < -0.3 is 22.8 Å². The first-order valence-corrected chi connectivity index (χ1v) is 14.9. The van der Waals surface area contributed by atoms with E-state index in [0.29, 0.717) is 26.2 Å². The van der Waals surface area contributed by atoms with Gasteiger partial charge in [-0.3, -0.25) is 4.79 Å². The number of thioether (sulfide) groups is 1. The van der Waals surface area contributed by atoms with Crippen LogP contribution in [0.15, 0.2) is 54.6 Å². The van der Waals surface area contributed by atoms with Crippen molar-refractivity contribution < 1.29 is 27.5 Å². The van der Waals surface area contributed by atoms with Crippen LogP contribution in [0.25, 0.3) is 0 Å². The molecule has 8 heteroatoms. The molecule has 34 heavy (non-hydrogen) atoms. The van der Waals surface area contributed by atoms with Crippen LogP contribution in [0.3, 0.4) is 0 Å². The van der Waals surface area contributed by atoms with E-state index in [1.165, 1.54) is 0 Å². The predicted molar refractivity (Wildman–Crippen MR) is 139 cm³/mol. The molecule has 1 unspecified atom stereocenters. The summed E-state index contributed by atoms with van der Waals surface area (Å²) in [6.07, 6.45) is 1.18. The molecule has 6 nitrogen and oxygen atoms in total. The van der Waals surface area contributed by atoms with E-state index in [2.05, 4.69) is 0 Å². The van der Waals surface area contributed by atoms with E-state index in [-0.39, 0.29) is 17.8 Å². The van der Waals surface area contributed by atoms with E-state index >= 15 is 0 Å². The maximum absolute atomic E-state index is 12.7. The van der Waals surface area contributed by atoms with Crippen molar-refractivity contribution >= 4 is 26.5 Å². The Balaban J connectivity index is 1.99. The third kappa shape index (κ3) is 9.80. The minimum atomic E-state index is -2.66. The number of esters is 1. The lowest BCUT2D eigenvalue weighted by Gasteiger charge is -2.28. The fourth-order valence-corrected chi connectivity index (χ4v) is 7.62. The number of ether oxygens (including phenoxy) is 2. The zero-order valence-corrected chi connectivity index (χ0v) is 22.6. The van der Waals surface area contributed by atoms with E-state index in [9.17, 15) is 4.79 Å². The van der Waals surface area contributed by atoms with Gasteiger partial charge in [-0.2, -0.15) is 11.8 Å². The summed E-state index contributed by atoms with van der Waals surface area (Å²) in [6, 6.07) is 18.4. The molecule has 0 bridgehead atoms. The average molecular weight is 507 g/mol. The first-order valence-electron chi connectivity index (χ1n) is 11.9. The number of hydrogen-bond acceptors (Lipinski definition) is 7. The molecule has 0 aliphatic rings. The molecule has 2 aromatic carbocycles. The molecule has 0 heterocycles. The Kier molecular flexibility index (Phi) is 13.3. The molecule has 0 N–H and O–H groups in total. The summed E-state index contributed by atoms with van der Waals surface area (Å²) in [6.45, 7) is 7.90. The van der Waals surface area contributed by atoms with E-state index in [1.807, 2.05) is 75.4 Å². The van der Waals surface area contributed by atoms with Crippen LogP contribution in [0.4, 0.5) is 0 Å². The summed E-state index contributed by atoms with van der Waals surface area (Å²) < 4.78 is 28.7. The van der Waals surface area contributed by atoms with E-state index in [4.69, 9.17) is 22.8 Å².